The number of halogens is 1. The molecule has 0 spiro atoms. The Bertz CT molecular complexity index is 450. The maximum atomic E-state index is 11.9. The largest absolute Gasteiger partial charge is 0.497 e. The number of amides is 2. The summed E-state index contributed by atoms with van der Waals surface area (Å²) in [5.74, 6) is 2.88. The molecule has 0 aromatic heterocycles. The quantitative estimate of drug-likeness (QED) is 0.900. The molecule has 0 saturated carbocycles. The van der Waals surface area contributed by atoms with Gasteiger partial charge in [0, 0.05) is 12.1 Å². The van der Waals surface area contributed by atoms with Crippen molar-refractivity contribution in [3.8, 4) is 5.75 Å². The molecule has 6 heteroatoms. The standard InChI is InChI=1S/C13H17ClN2O2S/c1-18-10-2-3-12(11(14)8-10)16-13(17)15-9-4-6-19-7-5-9/h2-3,8-9H,4-7H2,1H3,(H2,15,16,17). The second-order valence-electron chi connectivity index (χ2n) is 4.33. The second kappa shape index (κ2) is 6.91. The summed E-state index contributed by atoms with van der Waals surface area (Å²) in [4.78, 5) is 11.9. The Morgan fingerprint density at radius 2 is 2.16 bits per heavy atom. The number of methoxy groups -OCH3 is 1. The monoisotopic (exact) mass is 300 g/mol. The van der Waals surface area contributed by atoms with E-state index < -0.39 is 0 Å². The van der Waals surface area contributed by atoms with Gasteiger partial charge in [0.25, 0.3) is 0 Å². The minimum absolute atomic E-state index is 0.205. The number of hydrogen-bond donors (Lipinski definition) is 2. The first-order chi connectivity index (χ1) is 9.19. The lowest BCUT2D eigenvalue weighted by Crippen LogP contribution is -2.40. The number of carbonyl (C=O) groups excluding carboxylic acids is 1. The van der Waals surface area contributed by atoms with Crippen molar-refractivity contribution >= 4 is 35.1 Å². The Kier molecular flexibility index (Phi) is 5.22. The van der Waals surface area contributed by atoms with Gasteiger partial charge in [0.05, 0.1) is 17.8 Å². The van der Waals surface area contributed by atoms with Gasteiger partial charge in [0.15, 0.2) is 0 Å². The van der Waals surface area contributed by atoms with Crippen molar-refractivity contribution in [2.75, 3.05) is 23.9 Å². The number of rotatable bonds is 3. The first kappa shape index (κ1) is 14.3. The molecule has 0 bridgehead atoms. The van der Waals surface area contributed by atoms with E-state index in [1.165, 1.54) is 0 Å². The molecule has 1 fully saturated rings. The van der Waals surface area contributed by atoms with Crippen molar-refractivity contribution in [1.29, 1.82) is 0 Å². The van der Waals surface area contributed by atoms with Crippen LogP contribution in [0, 0.1) is 0 Å². The predicted molar refractivity (Wildman–Crippen MR) is 80.5 cm³/mol. The zero-order valence-electron chi connectivity index (χ0n) is 10.7. The van der Waals surface area contributed by atoms with Crippen molar-refractivity contribution in [3.05, 3.63) is 23.2 Å². The van der Waals surface area contributed by atoms with Crippen LogP contribution in [-0.2, 0) is 0 Å². The summed E-state index contributed by atoms with van der Waals surface area (Å²) in [6.07, 6.45) is 2.04. The van der Waals surface area contributed by atoms with Crippen LogP contribution in [0.1, 0.15) is 12.8 Å². The predicted octanol–water partition coefficient (Wildman–Crippen LogP) is 3.37. The van der Waals surface area contributed by atoms with Crippen molar-refractivity contribution in [3.63, 3.8) is 0 Å². The minimum atomic E-state index is -0.205. The third-order valence-corrected chi connectivity index (χ3v) is 4.34. The fourth-order valence-electron chi connectivity index (χ4n) is 1.91. The first-order valence-corrected chi connectivity index (χ1v) is 7.71. The molecule has 19 heavy (non-hydrogen) atoms. The number of nitrogens with one attached hydrogen (secondary N) is 2. The Labute approximate surface area is 122 Å². The highest BCUT2D eigenvalue weighted by Gasteiger charge is 2.16. The summed E-state index contributed by atoms with van der Waals surface area (Å²) < 4.78 is 5.06. The van der Waals surface area contributed by atoms with Crippen LogP contribution >= 0.6 is 23.4 Å². The molecule has 1 aliphatic heterocycles. The zero-order chi connectivity index (χ0) is 13.7. The molecule has 1 aliphatic rings. The van der Waals surface area contributed by atoms with Crippen LogP contribution in [0.3, 0.4) is 0 Å². The van der Waals surface area contributed by atoms with Crippen LogP contribution in [0.5, 0.6) is 5.75 Å². The molecular formula is C13H17ClN2O2S. The number of carbonyl (C=O) groups is 1. The second-order valence-corrected chi connectivity index (χ2v) is 5.96. The molecule has 1 heterocycles. The van der Waals surface area contributed by atoms with E-state index in [0.717, 1.165) is 24.3 Å². The molecule has 2 rings (SSSR count). The van der Waals surface area contributed by atoms with Gasteiger partial charge in [0.2, 0.25) is 0 Å². The molecule has 4 nitrogen and oxygen atoms in total. The zero-order valence-corrected chi connectivity index (χ0v) is 12.3. The first-order valence-electron chi connectivity index (χ1n) is 6.18. The maximum absolute atomic E-state index is 11.9. The minimum Gasteiger partial charge on any atom is -0.497 e. The third kappa shape index (κ3) is 4.21. The molecule has 1 aromatic rings. The molecule has 0 atom stereocenters. The lowest BCUT2D eigenvalue weighted by Gasteiger charge is -2.22. The average Bonchev–Trinajstić information content (AvgIpc) is 2.42. The van der Waals surface area contributed by atoms with E-state index in [2.05, 4.69) is 10.6 Å². The van der Waals surface area contributed by atoms with E-state index in [4.69, 9.17) is 16.3 Å². The van der Waals surface area contributed by atoms with Crippen molar-refractivity contribution in [2.24, 2.45) is 0 Å². The number of urea groups is 1. The number of benzene rings is 1. The molecule has 104 valence electrons. The molecule has 0 radical (unpaired) electrons. The fraction of sp³-hybridized carbons (Fsp3) is 0.462. The smallest absolute Gasteiger partial charge is 0.319 e. The van der Waals surface area contributed by atoms with E-state index in [-0.39, 0.29) is 12.1 Å². The van der Waals surface area contributed by atoms with E-state index >= 15 is 0 Å². The SMILES string of the molecule is COc1ccc(NC(=O)NC2CCSCC2)c(Cl)c1. The molecular weight excluding hydrogens is 284 g/mol. The van der Waals surface area contributed by atoms with Crippen LogP contribution in [0.25, 0.3) is 0 Å². The molecule has 1 saturated heterocycles. The molecule has 2 N–H and O–H groups in total. The van der Waals surface area contributed by atoms with Gasteiger partial charge in [0.1, 0.15) is 5.75 Å². The number of hydrogen-bond acceptors (Lipinski definition) is 3. The van der Waals surface area contributed by atoms with E-state index in [1.54, 1.807) is 25.3 Å². The van der Waals surface area contributed by atoms with E-state index in [9.17, 15) is 4.79 Å². The van der Waals surface area contributed by atoms with Crippen LogP contribution in [0.15, 0.2) is 18.2 Å². The summed E-state index contributed by atoms with van der Waals surface area (Å²) in [5.41, 5.74) is 0.588. The lowest BCUT2D eigenvalue weighted by atomic mass is 10.2. The van der Waals surface area contributed by atoms with Gasteiger partial charge in [-0.3, -0.25) is 0 Å². The topological polar surface area (TPSA) is 50.4 Å². The summed E-state index contributed by atoms with van der Waals surface area (Å²) in [6.45, 7) is 0. The third-order valence-electron chi connectivity index (χ3n) is 2.98. The lowest BCUT2D eigenvalue weighted by molar-refractivity contribution is 0.247. The molecule has 2 amide bonds. The summed E-state index contributed by atoms with van der Waals surface area (Å²) in [6, 6.07) is 5.23. The fourth-order valence-corrected chi connectivity index (χ4v) is 3.23. The van der Waals surface area contributed by atoms with Crippen molar-refractivity contribution in [1.82, 2.24) is 5.32 Å². The van der Waals surface area contributed by atoms with Gasteiger partial charge in [-0.25, -0.2) is 4.79 Å². The number of thioether (sulfide) groups is 1. The van der Waals surface area contributed by atoms with Crippen LogP contribution in [-0.4, -0.2) is 30.7 Å². The highest BCUT2D eigenvalue weighted by atomic mass is 35.5. The number of ether oxygens (including phenoxy) is 1. The molecule has 0 unspecified atom stereocenters. The van der Waals surface area contributed by atoms with Crippen LogP contribution in [0.2, 0.25) is 5.02 Å². The summed E-state index contributed by atoms with van der Waals surface area (Å²) in [5, 5.41) is 6.20. The highest BCUT2D eigenvalue weighted by molar-refractivity contribution is 7.99. The van der Waals surface area contributed by atoms with Gasteiger partial charge < -0.3 is 15.4 Å². The Morgan fingerprint density at radius 3 is 2.79 bits per heavy atom. The number of anilines is 1. The van der Waals surface area contributed by atoms with Gasteiger partial charge in [-0.05, 0) is 36.5 Å². The van der Waals surface area contributed by atoms with Crippen LogP contribution in [0.4, 0.5) is 10.5 Å². The van der Waals surface area contributed by atoms with Crippen molar-refractivity contribution < 1.29 is 9.53 Å². The van der Waals surface area contributed by atoms with Crippen LogP contribution < -0.4 is 15.4 Å². The molecule has 1 aromatic carbocycles. The molecule has 0 aliphatic carbocycles. The highest BCUT2D eigenvalue weighted by Crippen LogP contribution is 2.26. The average molecular weight is 301 g/mol. The maximum Gasteiger partial charge on any atom is 0.319 e. The Balaban J connectivity index is 1.91. The van der Waals surface area contributed by atoms with E-state index in [0.29, 0.717) is 16.5 Å². The van der Waals surface area contributed by atoms with Gasteiger partial charge >= 0.3 is 6.03 Å². The normalized spacial score (nSPS) is 15.9. The Morgan fingerprint density at radius 1 is 1.42 bits per heavy atom. The Hall–Kier alpha value is -1.07. The summed E-state index contributed by atoms with van der Waals surface area (Å²) in [7, 11) is 1.58. The van der Waals surface area contributed by atoms with Gasteiger partial charge in [-0.1, -0.05) is 11.6 Å². The van der Waals surface area contributed by atoms with Gasteiger partial charge in [-0.2, -0.15) is 11.8 Å². The van der Waals surface area contributed by atoms with Crippen molar-refractivity contribution in [2.45, 2.75) is 18.9 Å². The van der Waals surface area contributed by atoms with E-state index in [1.807, 2.05) is 11.8 Å². The van der Waals surface area contributed by atoms with Gasteiger partial charge in [-0.15, -0.1) is 0 Å². The summed E-state index contributed by atoms with van der Waals surface area (Å²) >= 11 is 8.00.